The van der Waals surface area contributed by atoms with E-state index in [9.17, 15) is 4.79 Å². The van der Waals surface area contributed by atoms with Crippen molar-refractivity contribution in [3.05, 3.63) is 23.8 Å². The summed E-state index contributed by atoms with van der Waals surface area (Å²) in [6, 6.07) is 5.51. The lowest BCUT2D eigenvalue weighted by atomic mass is 10.2. The third-order valence-electron chi connectivity index (χ3n) is 2.66. The van der Waals surface area contributed by atoms with Crippen molar-refractivity contribution in [2.24, 2.45) is 5.73 Å². The summed E-state index contributed by atoms with van der Waals surface area (Å²) in [4.78, 5) is 11.5. The first-order chi connectivity index (χ1) is 9.71. The molecule has 0 atom stereocenters. The minimum Gasteiger partial charge on any atom is -0.493 e. The molecule has 0 fully saturated rings. The summed E-state index contributed by atoms with van der Waals surface area (Å²) in [5, 5.41) is 2.76. The van der Waals surface area contributed by atoms with Crippen molar-refractivity contribution in [1.29, 1.82) is 0 Å². The third-order valence-corrected chi connectivity index (χ3v) is 2.66. The summed E-state index contributed by atoms with van der Waals surface area (Å²) >= 11 is 0. The van der Waals surface area contributed by atoms with E-state index in [2.05, 4.69) is 5.32 Å². The van der Waals surface area contributed by atoms with Crippen LogP contribution in [0, 0.1) is 0 Å². The van der Waals surface area contributed by atoms with Gasteiger partial charge in [-0.1, -0.05) is 19.9 Å². The number of nitrogens with two attached hydrogens (primary N) is 1. The molecular formula is C15H24N2O3. The van der Waals surface area contributed by atoms with Gasteiger partial charge in [0, 0.05) is 24.7 Å². The Labute approximate surface area is 120 Å². The topological polar surface area (TPSA) is 73.6 Å². The lowest BCUT2D eigenvalue weighted by Crippen LogP contribution is -2.29. The van der Waals surface area contributed by atoms with Crippen LogP contribution in [0.15, 0.2) is 18.2 Å². The van der Waals surface area contributed by atoms with Gasteiger partial charge in [0.25, 0.3) is 5.91 Å². The quantitative estimate of drug-likeness (QED) is 0.724. The summed E-state index contributed by atoms with van der Waals surface area (Å²) in [7, 11) is 0. The van der Waals surface area contributed by atoms with Crippen LogP contribution in [0.25, 0.3) is 0 Å². The fraction of sp³-hybridized carbons (Fsp3) is 0.533. The van der Waals surface area contributed by atoms with Crippen LogP contribution in [0.5, 0.6) is 11.5 Å². The number of benzene rings is 1. The molecule has 0 unspecified atom stereocenters. The van der Waals surface area contributed by atoms with Crippen molar-refractivity contribution < 1.29 is 14.3 Å². The molecule has 0 radical (unpaired) electrons. The lowest BCUT2D eigenvalue weighted by Gasteiger charge is -2.12. The second kappa shape index (κ2) is 9.20. The maximum absolute atomic E-state index is 11.5. The molecule has 0 aliphatic rings. The molecule has 1 amide bonds. The molecule has 112 valence electrons. The highest BCUT2D eigenvalue weighted by molar-refractivity contribution is 5.77. The van der Waals surface area contributed by atoms with Crippen LogP contribution in [0.4, 0.5) is 0 Å². The van der Waals surface area contributed by atoms with Gasteiger partial charge in [-0.15, -0.1) is 0 Å². The predicted octanol–water partition coefficient (Wildman–Crippen LogP) is 1.84. The minimum atomic E-state index is -0.130. The van der Waals surface area contributed by atoms with E-state index in [0.717, 1.165) is 24.2 Å². The van der Waals surface area contributed by atoms with E-state index in [0.29, 0.717) is 25.4 Å². The fourth-order valence-electron chi connectivity index (χ4n) is 1.61. The second-order valence-corrected chi connectivity index (χ2v) is 4.46. The van der Waals surface area contributed by atoms with Gasteiger partial charge >= 0.3 is 0 Å². The second-order valence-electron chi connectivity index (χ2n) is 4.46. The van der Waals surface area contributed by atoms with Crippen molar-refractivity contribution in [3.63, 3.8) is 0 Å². The van der Waals surface area contributed by atoms with Crippen LogP contribution >= 0.6 is 0 Å². The number of amides is 1. The number of hydrogen-bond donors (Lipinski definition) is 2. The van der Waals surface area contributed by atoms with Crippen molar-refractivity contribution in [3.8, 4) is 11.5 Å². The molecule has 0 saturated heterocycles. The molecule has 0 aliphatic heterocycles. The summed E-state index contributed by atoms with van der Waals surface area (Å²) in [5.41, 5.74) is 6.52. The van der Waals surface area contributed by atoms with Gasteiger partial charge in [0.05, 0.1) is 6.61 Å². The highest BCUT2D eigenvalue weighted by atomic mass is 16.5. The molecule has 0 saturated carbocycles. The van der Waals surface area contributed by atoms with Gasteiger partial charge in [-0.2, -0.15) is 0 Å². The zero-order valence-corrected chi connectivity index (χ0v) is 12.3. The maximum atomic E-state index is 11.5. The van der Waals surface area contributed by atoms with Gasteiger partial charge in [0.1, 0.15) is 11.5 Å². The zero-order valence-electron chi connectivity index (χ0n) is 12.3. The molecule has 5 heteroatoms. The van der Waals surface area contributed by atoms with E-state index < -0.39 is 0 Å². The average Bonchev–Trinajstić information content (AvgIpc) is 2.48. The number of hydrogen-bond acceptors (Lipinski definition) is 4. The SMILES string of the molecule is CCCNC(=O)COc1cc(OCCC)ccc1CN. The molecule has 0 bridgehead atoms. The van der Waals surface area contributed by atoms with Crippen molar-refractivity contribution in [1.82, 2.24) is 5.32 Å². The first kappa shape index (κ1) is 16.3. The van der Waals surface area contributed by atoms with Gasteiger partial charge in [0.15, 0.2) is 6.61 Å². The molecule has 0 spiro atoms. The molecule has 0 heterocycles. The molecule has 1 rings (SSSR count). The Morgan fingerprint density at radius 2 is 2.05 bits per heavy atom. The predicted molar refractivity (Wildman–Crippen MR) is 78.9 cm³/mol. The highest BCUT2D eigenvalue weighted by Crippen LogP contribution is 2.24. The Hall–Kier alpha value is -1.75. The van der Waals surface area contributed by atoms with Crippen molar-refractivity contribution in [2.75, 3.05) is 19.8 Å². The molecule has 0 aliphatic carbocycles. The van der Waals surface area contributed by atoms with Crippen LogP contribution in [-0.2, 0) is 11.3 Å². The van der Waals surface area contributed by atoms with Gasteiger partial charge in [-0.3, -0.25) is 4.79 Å². The first-order valence-electron chi connectivity index (χ1n) is 7.06. The van der Waals surface area contributed by atoms with E-state index in [1.165, 1.54) is 0 Å². The number of ether oxygens (including phenoxy) is 2. The Morgan fingerprint density at radius 1 is 1.25 bits per heavy atom. The van der Waals surface area contributed by atoms with Crippen LogP contribution < -0.4 is 20.5 Å². The number of carbonyl (C=O) groups is 1. The third kappa shape index (κ3) is 5.48. The van der Waals surface area contributed by atoms with Gasteiger partial charge < -0.3 is 20.5 Å². The summed E-state index contributed by atoms with van der Waals surface area (Å²) in [6.45, 7) is 5.71. The molecule has 1 aromatic rings. The molecule has 3 N–H and O–H groups in total. The normalized spacial score (nSPS) is 10.2. The number of carbonyl (C=O) groups excluding carboxylic acids is 1. The van der Waals surface area contributed by atoms with E-state index in [-0.39, 0.29) is 12.5 Å². The largest absolute Gasteiger partial charge is 0.493 e. The molecule has 5 nitrogen and oxygen atoms in total. The molecule has 0 aromatic heterocycles. The lowest BCUT2D eigenvalue weighted by molar-refractivity contribution is -0.123. The first-order valence-corrected chi connectivity index (χ1v) is 7.06. The maximum Gasteiger partial charge on any atom is 0.257 e. The zero-order chi connectivity index (χ0) is 14.8. The molecule has 1 aromatic carbocycles. The van der Waals surface area contributed by atoms with Gasteiger partial charge in [0.2, 0.25) is 0 Å². The molecule has 20 heavy (non-hydrogen) atoms. The standard InChI is InChI=1S/C15H24N2O3/c1-3-7-17-15(18)11-20-14-9-13(19-8-4-2)6-5-12(14)10-16/h5-6,9H,3-4,7-8,10-11,16H2,1-2H3,(H,17,18). The van der Waals surface area contributed by atoms with Gasteiger partial charge in [-0.25, -0.2) is 0 Å². The summed E-state index contributed by atoms with van der Waals surface area (Å²) < 4.78 is 11.1. The van der Waals surface area contributed by atoms with Gasteiger partial charge in [-0.05, 0) is 18.9 Å². The summed E-state index contributed by atoms with van der Waals surface area (Å²) in [6.07, 6.45) is 1.84. The monoisotopic (exact) mass is 280 g/mol. The van der Waals surface area contributed by atoms with E-state index in [1.54, 1.807) is 6.07 Å². The Kier molecular flexibility index (Phi) is 7.50. The minimum absolute atomic E-state index is 0.00969. The Bertz CT molecular complexity index is 422. The van der Waals surface area contributed by atoms with E-state index >= 15 is 0 Å². The van der Waals surface area contributed by atoms with Crippen molar-refractivity contribution >= 4 is 5.91 Å². The Balaban J connectivity index is 2.63. The Morgan fingerprint density at radius 3 is 2.70 bits per heavy atom. The average molecular weight is 280 g/mol. The summed E-state index contributed by atoms with van der Waals surface area (Å²) in [5.74, 6) is 1.20. The van der Waals surface area contributed by atoms with Crippen LogP contribution in [0.2, 0.25) is 0 Å². The van der Waals surface area contributed by atoms with Crippen LogP contribution in [0.1, 0.15) is 32.3 Å². The smallest absolute Gasteiger partial charge is 0.257 e. The number of nitrogens with one attached hydrogen (secondary N) is 1. The fourth-order valence-corrected chi connectivity index (χ4v) is 1.61. The van der Waals surface area contributed by atoms with Crippen molar-refractivity contribution in [2.45, 2.75) is 33.2 Å². The van der Waals surface area contributed by atoms with E-state index in [1.807, 2.05) is 26.0 Å². The number of rotatable bonds is 9. The van der Waals surface area contributed by atoms with Crippen LogP contribution in [-0.4, -0.2) is 25.7 Å². The van der Waals surface area contributed by atoms with Crippen LogP contribution in [0.3, 0.4) is 0 Å². The highest BCUT2D eigenvalue weighted by Gasteiger charge is 2.07. The van der Waals surface area contributed by atoms with E-state index in [4.69, 9.17) is 15.2 Å². The molecular weight excluding hydrogens is 256 g/mol.